The van der Waals surface area contributed by atoms with E-state index in [0.717, 1.165) is 0 Å². The molecule has 0 fully saturated rings. The smallest absolute Gasteiger partial charge is 0.222 e. The Balaban J connectivity index is 1.88. The van der Waals surface area contributed by atoms with E-state index in [0.29, 0.717) is 27.8 Å². The van der Waals surface area contributed by atoms with Crippen molar-refractivity contribution in [2.24, 2.45) is 5.18 Å². The number of benzene rings is 2. The first-order valence-corrected chi connectivity index (χ1v) is 7.34. The normalized spacial score (nSPS) is 13.5. The van der Waals surface area contributed by atoms with Crippen molar-refractivity contribution in [2.45, 2.75) is 13.2 Å². The van der Waals surface area contributed by atoms with E-state index in [9.17, 15) is 14.4 Å². The van der Waals surface area contributed by atoms with Gasteiger partial charge in [-0.05, 0) is 23.4 Å². The average Bonchev–Trinajstić information content (AvgIpc) is 2.86. The number of fused-ring (bicyclic) bond motifs is 2. The first-order chi connectivity index (χ1) is 11.7. The van der Waals surface area contributed by atoms with Gasteiger partial charge in [0.1, 0.15) is 11.6 Å². The number of para-hydroxylation sites is 1. The summed E-state index contributed by atoms with van der Waals surface area (Å²) in [6.45, 7) is 0.493. The highest BCUT2D eigenvalue weighted by Gasteiger charge is 2.21. The van der Waals surface area contributed by atoms with Gasteiger partial charge in [-0.25, -0.2) is 4.39 Å². The standard InChI is InChI=1S/C17H13FN2O4/c18-12-5-10(16-11(6-12)8-23-9-24-16)7-20-14-4-2-1-3-13(14)15(19-22)17(20)21/h1-6,21H,7-9H2. The fraction of sp³-hybridized carbons (Fsp3) is 0.176. The Morgan fingerprint density at radius 2 is 2.12 bits per heavy atom. The molecule has 0 bridgehead atoms. The van der Waals surface area contributed by atoms with E-state index in [2.05, 4.69) is 5.18 Å². The van der Waals surface area contributed by atoms with E-state index in [-0.39, 0.29) is 31.5 Å². The molecule has 0 spiro atoms. The summed E-state index contributed by atoms with van der Waals surface area (Å²) >= 11 is 0. The van der Waals surface area contributed by atoms with Gasteiger partial charge in [0.15, 0.2) is 12.5 Å². The van der Waals surface area contributed by atoms with Gasteiger partial charge in [0.05, 0.1) is 18.7 Å². The van der Waals surface area contributed by atoms with Crippen LogP contribution in [0, 0.1) is 10.7 Å². The third-order valence-corrected chi connectivity index (χ3v) is 4.09. The van der Waals surface area contributed by atoms with Crippen LogP contribution in [0.25, 0.3) is 10.9 Å². The zero-order valence-corrected chi connectivity index (χ0v) is 12.5. The number of halogens is 1. The summed E-state index contributed by atoms with van der Waals surface area (Å²) < 4.78 is 26.1. The molecule has 6 nitrogen and oxygen atoms in total. The first-order valence-electron chi connectivity index (χ1n) is 7.34. The van der Waals surface area contributed by atoms with Gasteiger partial charge in [-0.15, -0.1) is 4.91 Å². The molecule has 4 rings (SSSR count). The van der Waals surface area contributed by atoms with Crippen molar-refractivity contribution in [1.82, 2.24) is 4.57 Å². The maximum atomic E-state index is 13.9. The van der Waals surface area contributed by atoms with Gasteiger partial charge in [0.2, 0.25) is 5.88 Å². The van der Waals surface area contributed by atoms with Gasteiger partial charge in [0, 0.05) is 16.5 Å². The van der Waals surface area contributed by atoms with Crippen molar-refractivity contribution < 1.29 is 19.0 Å². The van der Waals surface area contributed by atoms with Crippen LogP contribution in [0.5, 0.6) is 11.6 Å². The molecule has 3 aromatic rings. The molecule has 1 N–H and O–H groups in total. The van der Waals surface area contributed by atoms with Crippen molar-refractivity contribution in [1.29, 1.82) is 0 Å². The lowest BCUT2D eigenvalue weighted by molar-refractivity contribution is -0.0173. The number of rotatable bonds is 3. The third-order valence-electron chi connectivity index (χ3n) is 4.09. The van der Waals surface area contributed by atoms with Crippen LogP contribution in [0.1, 0.15) is 11.1 Å². The maximum absolute atomic E-state index is 13.9. The molecule has 122 valence electrons. The Morgan fingerprint density at radius 3 is 2.96 bits per heavy atom. The summed E-state index contributed by atoms with van der Waals surface area (Å²) in [5.74, 6) is -0.126. The van der Waals surface area contributed by atoms with Gasteiger partial charge in [-0.3, -0.25) is 0 Å². The molecule has 0 unspecified atom stereocenters. The molecular formula is C17H13FN2O4. The molecule has 0 atom stereocenters. The third kappa shape index (κ3) is 2.21. The van der Waals surface area contributed by atoms with E-state index in [1.165, 1.54) is 16.7 Å². The Labute approximate surface area is 136 Å². The number of ether oxygens (including phenoxy) is 2. The van der Waals surface area contributed by atoms with Crippen LogP contribution in [-0.2, 0) is 17.9 Å². The zero-order chi connectivity index (χ0) is 16.7. The van der Waals surface area contributed by atoms with Gasteiger partial charge in [0.25, 0.3) is 0 Å². The molecule has 0 aliphatic carbocycles. The fourth-order valence-electron chi connectivity index (χ4n) is 3.07. The summed E-state index contributed by atoms with van der Waals surface area (Å²) in [6.07, 6.45) is 0. The molecule has 1 aromatic heterocycles. The van der Waals surface area contributed by atoms with Crippen LogP contribution >= 0.6 is 0 Å². The lowest BCUT2D eigenvalue weighted by Gasteiger charge is -2.21. The quantitative estimate of drug-likeness (QED) is 0.742. The highest BCUT2D eigenvalue weighted by Crippen LogP contribution is 2.40. The van der Waals surface area contributed by atoms with E-state index in [1.54, 1.807) is 24.3 Å². The maximum Gasteiger partial charge on any atom is 0.222 e. The van der Waals surface area contributed by atoms with Crippen LogP contribution in [0.15, 0.2) is 41.6 Å². The number of nitroso groups, excluding NO2 is 1. The number of aromatic hydroxyl groups is 1. The highest BCUT2D eigenvalue weighted by atomic mass is 19.1. The Hall–Kier alpha value is -2.93. The molecular weight excluding hydrogens is 315 g/mol. The summed E-state index contributed by atoms with van der Waals surface area (Å²) in [4.78, 5) is 11.1. The minimum Gasteiger partial charge on any atom is -0.493 e. The van der Waals surface area contributed by atoms with Crippen molar-refractivity contribution in [3.05, 3.63) is 58.2 Å². The highest BCUT2D eigenvalue weighted by molar-refractivity contribution is 5.95. The number of hydrogen-bond donors (Lipinski definition) is 1. The van der Waals surface area contributed by atoms with Crippen molar-refractivity contribution in [2.75, 3.05) is 6.79 Å². The summed E-state index contributed by atoms with van der Waals surface area (Å²) in [6, 6.07) is 9.73. The van der Waals surface area contributed by atoms with Gasteiger partial charge in [-0.1, -0.05) is 18.2 Å². The van der Waals surface area contributed by atoms with E-state index in [4.69, 9.17) is 9.47 Å². The second-order valence-corrected chi connectivity index (χ2v) is 5.53. The van der Waals surface area contributed by atoms with Crippen LogP contribution in [0.2, 0.25) is 0 Å². The average molecular weight is 328 g/mol. The molecule has 24 heavy (non-hydrogen) atoms. The zero-order valence-electron chi connectivity index (χ0n) is 12.5. The minimum atomic E-state index is -0.414. The van der Waals surface area contributed by atoms with Gasteiger partial charge in [-0.2, -0.15) is 0 Å². The SMILES string of the molecule is O=Nc1c(O)n(Cc2cc(F)cc3c2OCOC3)c2ccccc12. The number of nitrogens with zero attached hydrogens (tertiary/aromatic N) is 2. The fourth-order valence-corrected chi connectivity index (χ4v) is 3.07. The topological polar surface area (TPSA) is 73.0 Å². The van der Waals surface area contributed by atoms with Crippen LogP contribution in [0.3, 0.4) is 0 Å². The lowest BCUT2D eigenvalue weighted by atomic mass is 10.1. The summed E-state index contributed by atoms with van der Waals surface area (Å²) in [5, 5.41) is 13.8. The number of aromatic nitrogens is 1. The molecule has 1 aliphatic heterocycles. The molecule has 0 saturated carbocycles. The minimum absolute atomic E-state index is 0.0277. The molecule has 2 aromatic carbocycles. The molecule has 0 amide bonds. The van der Waals surface area contributed by atoms with Crippen LogP contribution in [-0.4, -0.2) is 16.5 Å². The lowest BCUT2D eigenvalue weighted by Crippen LogP contribution is -2.14. The number of hydrogen-bond acceptors (Lipinski definition) is 5. The van der Waals surface area contributed by atoms with Gasteiger partial charge < -0.3 is 19.1 Å². The second-order valence-electron chi connectivity index (χ2n) is 5.53. The van der Waals surface area contributed by atoms with Crippen LogP contribution < -0.4 is 4.74 Å². The Bertz CT molecular complexity index is 951. The van der Waals surface area contributed by atoms with Crippen molar-refractivity contribution in [3.63, 3.8) is 0 Å². The summed E-state index contributed by atoms with van der Waals surface area (Å²) in [7, 11) is 0. The van der Waals surface area contributed by atoms with Crippen LogP contribution in [0.4, 0.5) is 10.1 Å². The Kier molecular flexibility index (Phi) is 3.42. The first kappa shape index (κ1) is 14.6. The van der Waals surface area contributed by atoms with Gasteiger partial charge >= 0.3 is 0 Å². The molecule has 1 aliphatic rings. The molecule has 2 heterocycles. The molecule has 7 heteroatoms. The van der Waals surface area contributed by atoms with E-state index >= 15 is 0 Å². The predicted molar refractivity (Wildman–Crippen MR) is 84.8 cm³/mol. The van der Waals surface area contributed by atoms with E-state index in [1.807, 2.05) is 0 Å². The Morgan fingerprint density at radius 1 is 1.29 bits per heavy atom. The largest absolute Gasteiger partial charge is 0.493 e. The van der Waals surface area contributed by atoms with E-state index < -0.39 is 5.82 Å². The molecule has 0 radical (unpaired) electrons. The summed E-state index contributed by atoms with van der Waals surface area (Å²) in [5.41, 5.74) is 1.78. The van der Waals surface area contributed by atoms with Crippen molar-refractivity contribution in [3.8, 4) is 11.6 Å². The second kappa shape index (κ2) is 5.61. The predicted octanol–water partition coefficient (Wildman–Crippen LogP) is 3.80. The monoisotopic (exact) mass is 328 g/mol. The van der Waals surface area contributed by atoms with Crippen molar-refractivity contribution >= 4 is 16.6 Å². The molecule has 0 saturated heterocycles.